The zero-order chi connectivity index (χ0) is 15.1. The van der Waals surface area contributed by atoms with E-state index < -0.39 is 0 Å². The van der Waals surface area contributed by atoms with Gasteiger partial charge in [0.15, 0.2) is 0 Å². The Labute approximate surface area is 140 Å². The quantitative estimate of drug-likeness (QED) is 0.804. The van der Waals surface area contributed by atoms with Crippen LogP contribution in [0.5, 0.6) is 0 Å². The standard InChI is InChI=1S/C18H28N2O.ClH/c1-3-20(4-2)14-13-18(21)19-17-11-9-16(10-12-17)15-7-5-6-8-15;/h9-12,15H,3-8,13-14H2,1-2H3,(H,19,21);1H. The lowest BCUT2D eigenvalue weighted by Crippen LogP contribution is -2.27. The van der Waals surface area contributed by atoms with Crippen LogP contribution in [0.15, 0.2) is 24.3 Å². The van der Waals surface area contributed by atoms with Crippen LogP contribution in [0.3, 0.4) is 0 Å². The molecule has 2 rings (SSSR count). The summed E-state index contributed by atoms with van der Waals surface area (Å²) in [4.78, 5) is 14.2. The van der Waals surface area contributed by atoms with Gasteiger partial charge in [-0.15, -0.1) is 12.4 Å². The summed E-state index contributed by atoms with van der Waals surface area (Å²) >= 11 is 0. The molecule has 1 fully saturated rings. The Morgan fingerprint density at radius 1 is 1.14 bits per heavy atom. The van der Waals surface area contributed by atoms with Gasteiger partial charge in [-0.2, -0.15) is 0 Å². The summed E-state index contributed by atoms with van der Waals surface area (Å²) in [7, 11) is 0. The Kier molecular flexibility index (Phi) is 8.51. The number of hydrogen-bond donors (Lipinski definition) is 1. The first-order chi connectivity index (χ1) is 10.2. The van der Waals surface area contributed by atoms with E-state index in [1.807, 2.05) is 12.1 Å². The third-order valence-corrected chi connectivity index (χ3v) is 4.57. The molecule has 1 amide bonds. The third-order valence-electron chi connectivity index (χ3n) is 4.57. The largest absolute Gasteiger partial charge is 0.326 e. The van der Waals surface area contributed by atoms with Crippen LogP contribution >= 0.6 is 12.4 Å². The zero-order valence-corrected chi connectivity index (χ0v) is 14.6. The van der Waals surface area contributed by atoms with E-state index >= 15 is 0 Å². The minimum atomic E-state index is 0. The van der Waals surface area contributed by atoms with Crippen molar-refractivity contribution in [2.24, 2.45) is 0 Å². The highest BCUT2D eigenvalue weighted by atomic mass is 35.5. The molecule has 1 aliphatic rings. The number of carbonyl (C=O) groups is 1. The molecule has 1 aromatic carbocycles. The minimum Gasteiger partial charge on any atom is -0.326 e. The van der Waals surface area contributed by atoms with Crippen molar-refractivity contribution in [2.75, 3.05) is 25.0 Å². The average Bonchev–Trinajstić information content (AvgIpc) is 3.03. The third kappa shape index (κ3) is 5.62. The van der Waals surface area contributed by atoms with Gasteiger partial charge in [0.25, 0.3) is 0 Å². The van der Waals surface area contributed by atoms with Crippen molar-refractivity contribution in [1.29, 1.82) is 0 Å². The van der Waals surface area contributed by atoms with Crippen LogP contribution in [0.4, 0.5) is 5.69 Å². The van der Waals surface area contributed by atoms with Crippen LogP contribution in [0.1, 0.15) is 57.4 Å². The molecule has 0 aromatic heterocycles. The van der Waals surface area contributed by atoms with Crippen LogP contribution < -0.4 is 5.32 Å². The summed E-state index contributed by atoms with van der Waals surface area (Å²) in [5.41, 5.74) is 2.34. The van der Waals surface area contributed by atoms with Crippen molar-refractivity contribution in [3.05, 3.63) is 29.8 Å². The van der Waals surface area contributed by atoms with Crippen LogP contribution in [0.25, 0.3) is 0 Å². The van der Waals surface area contributed by atoms with E-state index in [0.29, 0.717) is 6.42 Å². The molecule has 1 saturated carbocycles. The Balaban J connectivity index is 0.00000242. The van der Waals surface area contributed by atoms with Gasteiger partial charge in [-0.05, 0) is 49.5 Å². The highest BCUT2D eigenvalue weighted by Gasteiger charge is 2.16. The first kappa shape index (κ1) is 19.0. The molecular formula is C18H29ClN2O. The van der Waals surface area contributed by atoms with Gasteiger partial charge in [-0.3, -0.25) is 4.79 Å². The van der Waals surface area contributed by atoms with Gasteiger partial charge in [0, 0.05) is 18.7 Å². The lowest BCUT2D eigenvalue weighted by molar-refractivity contribution is -0.116. The molecule has 22 heavy (non-hydrogen) atoms. The second-order valence-electron chi connectivity index (χ2n) is 5.93. The van der Waals surface area contributed by atoms with E-state index in [1.54, 1.807) is 0 Å². The normalized spacial score (nSPS) is 14.9. The van der Waals surface area contributed by atoms with Crippen LogP contribution in [-0.2, 0) is 4.79 Å². The summed E-state index contributed by atoms with van der Waals surface area (Å²) in [6, 6.07) is 8.44. The minimum absolute atomic E-state index is 0. The molecule has 0 saturated heterocycles. The van der Waals surface area contributed by atoms with Crippen molar-refractivity contribution in [3.8, 4) is 0 Å². The molecule has 1 aliphatic carbocycles. The van der Waals surface area contributed by atoms with E-state index in [-0.39, 0.29) is 18.3 Å². The molecule has 124 valence electrons. The van der Waals surface area contributed by atoms with Crippen LogP contribution in [0.2, 0.25) is 0 Å². The summed E-state index contributed by atoms with van der Waals surface area (Å²) < 4.78 is 0. The average molecular weight is 325 g/mol. The van der Waals surface area contributed by atoms with Crippen LogP contribution in [0, 0.1) is 0 Å². The van der Waals surface area contributed by atoms with Gasteiger partial charge >= 0.3 is 0 Å². The summed E-state index contributed by atoms with van der Waals surface area (Å²) in [6.45, 7) is 7.09. The Morgan fingerprint density at radius 3 is 2.27 bits per heavy atom. The molecule has 3 nitrogen and oxygen atoms in total. The zero-order valence-electron chi connectivity index (χ0n) is 13.8. The van der Waals surface area contributed by atoms with Gasteiger partial charge in [-0.1, -0.05) is 38.8 Å². The lowest BCUT2D eigenvalue weighted by Gasteiger charge is -2.17. The molecule has 0 spiro atoms. The molecule has 0 heterocycles. The van der Waals surface area contributed by atoms with E-state index in [4.69, 9.17) is 0 Å². The first-order valence-electron chi connectivity index (χ1n) is 8.35. The number of benzene rings is 1. The van der Waals surface area contributed by atoms with Crippen molar-refractivity contribution in [3.63, 3.8) is 0 Å². The van der Waals surface area contributed by atoms with Gasteiger partial charge < -0.3 is 10.2 Å². The molecular weight excluding hydrogens is 296 g/mol. The monoisotopic (exact) mass is 324 g/mol. The number of nitrogens with one attached hydrogen (secondary N) is 1. The smallest absolute Gasteiger partial charge is 0.225 e. The van der Waals surface area contributed by atoms with E-state index in [0.717, 1.165) is 31.2 Å². The molecule has 0 radical (unpaired) electrons. The highest BCUT2D eigenvalue weighted by Crippen LogP contribution is 2.34. The van der Waals surface area contributed by atoms with Crippen molar-refractivity contribution in [1.82, 2.24) is 4.90 Å². The maximum atomic E-state index is 12.0. The predicted octanol–water partition coefficient (Wildman–Crippen LogP) is 4.44. The number of halogens is 1. The molecule has 4 heteroatoms. The molecule has 1 aromatic rings. The van der Waals surface area contributed by atoms with Crippen LogP contribution in [-0.4, -0.2) is 30.4 Å². The summed E-state index contributed by atoms with van der Waals surface area (Å²) in [6.07, 6.45) is 5.90. The van der Waals surface area contributed by atoms with Gasteiger partial charge in [0.1, 0.15) is 0 Å². The number of hydrogen-bond acceptors (Lipinski definition) is 2. The maximum absolute atomic E-state index is 12.0. The fourth-order valence-corrected chi connectivity index (χ4v) is 3.12. The molecule has 0 unspecified atom stereocenters. The first-order valence-corrected chi connectivity index (χ1v) is 8.35. The number of rotatable bonds is 7. The van der Waals surface area contributed by atoms with E-state index in [9.17, 15) is 4.79 Å². The summed E-state index contributed by atoms with van der Waals surface area (Å²) in [5, 5.41) is 3.00. The second kappa shape index (κ2) is 9.86. The van der Waals surface area contributed by atoms with E-state index in [1.165, 1.54) is 31.2 Å². The SMILES string of the molecule is CCN(CC)CCC(=O)Nc1ccc(C2CCCC2)cc1.Cl. The van der Waals surface area contributed by atoms with Crippen molar-refractivity contribution >= 4 is 24.0 Å². The van der Waals surface area contributed by atoms with Crippen molar-refractivity contribution in [2.45, 2.75) is 51.9 Å². The summed E-state index contributed by atoms with van der Waals surface area (Å²) in [5.74, 6) is 0.841. The maximum Gasteiger partial charge on any atom is 0.225 e. The van der Waals surface area contributed by atoms with E-state index in [2.05, 4.69) is 36.2 Å². The van der Waals surface area contributed by atoms with Gasteiger partial charge in [0.2, 0.25) is 5.91 Å². The Morgan fingerprint density at radius 2 is 1.73 bits per heavy atom. The number of carbonyl (C=O) groups excluding carboxylic acids is 1. The van der Waals surface area contributed by atoms with Gasteiger partial charge in [-0.25, -0.2) is 0 Å². The molecule has 0 aliphatic heterocycles. The lowest BCUT2D eigenvalue weighted by atomic mass is 9.97. The van der Waals surface area contributed by atoms with Crippen molar-refractivity contribution < 1.29 is 4.79 Å². The predicted molar refractivity (Wildman–Crippen MR) is 95.9 cm³/mol. The second-order valence-corrected chi connectivity index (χ2v) is 5.93. The molecule has 0 atom stereocenters. The topological polar surface area (TPSA) is 32.3 Å². The fraction of sp³-hybridized carbons (Fsp3) is 0.611. The highest BCUT2D eigenvalue weighted by molar-refractivity contribution is 5.90. The number of amides is 1. The Bertz CT molecular complexity index is 437. The van der Waals surface area contributed by atoms with Gasteiger partial charge in [0.05, 0.1) is 0 Å². The Hall–Kier alpha value is -1.06. The number of anilines is 1. The molecule has 1 N–H and O–H groups in total. The fourth-order valence-electron chi connectivity index (χ4n) is 3.12. The molecule has 0 bridgehead atoms. The number of nitrogens with zero attached hydrogens (tertiary/aromatic N) is 1.